The summed E-state index contributed by atoms with van der Waals surface area (Å²) in [5, 5.41) is 11.1. The van der Waals surface area contributed by atoms with Crippen molar-refractivity contribution in [2.45, 2.75) is 47.1 Å². The zero-order valence-corrected chi connectivity index (χ0v) is 22.6. The maximum atomic E-state index is 12.6. The van der Waals surface area contributed by atoms with E-state index in [0.717, 1.165) is 26.8 Å². The average Bonchev–Trinajstić information content (AvgIpc) is 3.43. The minimum atomic E-state index is -0.973. The number of hydrogen-bond acceptors (Lipinski definition) is 6. The van der Waals surface area contributed by atoms with E-state index in [1.54, 1.807) is 17.2 Å². The second-order valence-electron chi connectivity index (χ2n) is 10.4. The lowest BCUT2D eigenvalue weighted by Crippen LogP contribution is -2.49. The van der Waals surface area contributed by atoms with Gasteiger partial charge < -0.3 is 24.0 Å². The number of aromatic nitrogens is 2. The molecular formula is C27H34N4O4S. The average molecular weight is 511 g/mol. The summed E-state index contributed by atoms with van der Waals surface area (Å²) in [7, 11) is 0. The molecule has 0 bridgehead atoms. The standard InChI is InChI=1S/C27H34N4O4S/c1-17(2)14-21(29-10-12-30(13-11-29)26(34)35-27(4,5)6)24-23(22-16-28-18(3)36-22)20(25(32)33)15-19-8-7-9-31(19)24/h7-9,14-17H,10-13H2,1-6H3,(H,32,33). The highest BCUT2D eigenvalue weighted by atomic mass is 32.1. The van der Waals surface area contributed by atoms with Gasteiger partial charge in [0.25, 0.3) is 0 Å². The Labute approximate surface area is 215 Å². The number of rotatable bonds is 5. The summed E-state index contributed by atoms with van der Waals surface area (Å²) >= 11 is 1.49. The van der Waals surface area contributed by atoms with Crippen LogP contribution in [-0.2, 0) is 4.74 Å². The van der Waals surface area contributed by atoms with Crippen molar-refractivity contribution >= 4 is 34.6 Å². The molecule has 9 heteroatoms. The van der Waals surface area contributed by atoms with Crippen LogP contribution in [0.2, 0.25) is 0 Å². The fraction of sp³-hybridized carbons (Fsp3) is 0.444. The number of fused-ring (bicyclic) bond motifs is 1. The van der Waals surface area contributed by atoms with Crippen molar-refractivity contribution in [3.05, 3.63) is 52.9 Å². The number of ether oxygens (including phenoxy) is 1. The van der Waals surface area contributed by atoms with Crippen LogP contribution in [-0.4, -0.2) is 68.1 Å². The van der Waals surface area contributed by atoms with E-state index in [2.05, 4.69) is 34.2 Å². The van der Waals surface area contributed by atoms with Crippen molar-refractivity contribution in [2.24, 2.45) is 5.92 Å². The van der Waals surface area contributed by atoms with Gasteiger partial charge in [-0.1, -0.05) is 19.9 Å². The summed E-state index contributed by atoms with van der Waals surface area (Å²) in [6, 6.07) is 5.58. The zero-order chi connectivity index (χ0) is 26.2. The van der Waals surface area contributed by atoms with Crippen LogP contribution in [0.5, 0.6) is 0 Å². The second-order valence-corrected chi connectivity index (χ2v) is 11.6. The summed E-state index contributed by atoms with van der Waals surface area (Å²) in [6.07, 6.45) is 5.60. The van der Waals surface area contributed by atoms with Crippen molar-refractivity contribution in [3.8, 4) is 10.4 Å². The molecule has 1 amide bonds. The van der Waals surface area contributed by atoms with Crippen molar-refractivity contribution in [1.29, 1.82) is 0 Å². The Kier molecular flexibility index (Phi) is 7.13. The molecule has 0 aromatic carbocycles. The van der Waals surface area contributed by atoms with Gasteiger partial charge in [-0.2, -0.15) is 0 Å². The smallest absolute Gasteiger partial charge is 0.410 e. The number of carbonyl (C=O) groups excluding carboxylic acids is 1. The van der Waals surface area contributed by atoms with Crippen LogP contribution >= 0.6 is 11.3 Å². The number of carboxylic acid groups (broad SMARTS) is 1. The molecule has 3 aromatic heterocycles. The second kappa shape index (κ2) is 9.97. The molecule has 8 nitrogen and oxygen atoms in total. The van der Waals surface area contributed by atoms with E-state index in [4.69, 9.17) is 4.74 Å². The minimum absolute atomic E-state index is 0.221. The predicted octanol–water partition coefficient (Wildman–Crippen LogP) is 5.62. The SMILES string of the molecule is Cc1ncc(-c2c(C(=O)O)cc3cccn3c2C(=CC(C)C)N2CCN(C(=O)OC(C)(C)C)CC2)s1. The number of hydrogen-bond donors (Lipinski definition) is 1. The van der Waals surface area contributed by atoms with Crippen molar-refractivity contribution in [1.82, 2.24) is 19.2 Å². The first kappa shape index (κ1) is 25.8. The first-order chi connectivity index (χ1) is 16.9. The van der Waals surface area contributed by atoms with E-state index >= 15 is 0 Å². The van der Waals surface area contributed by atoms with Gasteiger partial charge in [0.05, 0.1) is 26.8 Å². The van der Waals surface area contributed by atoms with E-state index in [1.807, 2.05) is 46.0 Å². The first-order valence-electron chi connectivity index (χ1n) is 12.2. The van der Waals surface area contributed by atoms with Crippen molar-refractivity contribution in [3.63, 3.8) is 0 Å². The van der Waals surface area contributed by atoms with Gasteiger partial charge in [0.1, 0.15) is 5.60 Å². The topological polar surface area (TPSA) is 87.4 Å². The molecule has 1 fully saturated rings. The maximum absolute atomic E-state index is 12.6. The molecular weight excluding hydrogens is 476 g/mol. The Bertz CT molecular complexity index is 1310. The van der Waals surface area contributed by atoms with Crippen molar-refractivity contribution in [2.75, 3.05) is 26.2 Å². The Morgan fingerprint density at radius 1 is 1.17 bits per heavy atom. The van der Waals surface area contributed by atoms with Crippen LogP contribution in [0.25, 0.3) is 21.7 Å². The summed E-state index contributed by atoms with van der Waals surface area (Å²) in [5.74, 6) is -0.751. The molecule has 0 aliphatic carbocycles. The molecule has 0 spiro atoms. The number of nitrogens with zero attached hydrogens (tertiary/aromatic N) is 4. The number of pyridine rings is 1. The van der Waals surface area contributed by atoms with Gasteiger partial charge in [-0.3, -0.25) is 0 Å². The molecule has 1 saturated heterocycles. The quantitative estimate of drug-likeness (QED) is 0.479. The fourth-order valence-electron chi connectivity index (χ4n) is 4.44. The Balaban J connectivity index is 1.81. The van der Waals surface area contributed by atoms with Gasteiger partial charge in [-0.25, -0.2) is 14.6 Å². The highest BCUT2D eigenvalue weighted by Crippen LogP contribution is 2.39. The molecule has 0 atom stereocenters. The zero-order valence-electron chi connectivity index (χ0n) is 21.7. The van der Waals surface area contributed by atoms with Gasteiger partial charge in [-0.05, 0) is 51.8 Å². The predicted molar refractivity (Wildman–Crippen MR) is 142 cm³/mol. The van der Waals surface area contributed by atoms with Crippen LogP contribution in [0.3, 0.4) is 0 Å². The molecule has 1 aliphatic heterocycles. The van der Waals surface area contributed by atoms with E-state index in [0.29, 0.717) is 31.7 Å². The molecule has 1 N–H and O–H groups in total. The molecule has 192 valence electrons. The molecule has 4 rings (SSSR count). The number of allylic oxidation sites excluding steroid dienone is 1. The van der Waals surface area contributed by atoms with Crippen LogP contribution < -0.4 is 0 Å². The normalized spacial score (nSPS) is 15.1. The number of amides is 1. The third kappa shape index (κ3) is 5.41. The largest absolute Gasteiger partial charge is 0.478 e. The number of carboxylic acids is 1. The highest BCUT2D eigenvalue weighted by Gasteiger charge is 2.30. The Hall–Kier alpha value is -3.33. The van der Waals surface area contributed by atoms with Gasteiger partial charge in [0.2, 0.25) is 0 Å². The third-order valence-electron chi connectivity index (χ3n) is 5.92. The van der Waals surface area contributed by atoms with Gasteiger partial charge in [0, 0.05) is 49.7 Å². The fourth-order valence-corrected chi connectivity index (χ4v) is 5.27. The number of carbonyl (C=O) groups is 2. The van der Waals surface area contributed by atoms with Gasteiger partial charge >= 0.3 is 12.1 Å². The summed E-state index contributed by atoms with van der Waals surface area (Å²) in [4.78, 5) is 34.3. The van der Waals surface area contributed by atoms with Crippen LogP contribution in [0, 0.1) is 12.8 Å². The van der Waals surface area contributed by atoms with E-state index in [1.165, 1.54) is 11.3 Å². The first-order valence-corrected chi connectivity index (χ1v) is 13.0. The summed E-state index contributed by atoms with van der Waals surface area (Å²) in [6.45, 7) is 14.0. The Morgan fingerprint density at radius 3 is 2.39 bits per heavy atom. The Morgan fingerprint density at radius 2 is 1.83 bits per heavy atom. The summed E-state index contributed by atoms with van der Waals surface area (Å²) < 4.78 is 7.63. The van der Waals surface area contributed by atoms with E-state index in [9.17, 15) is 14.7 Å². The van der Waals surface area contributed by atoms with Crippen LogP contribution in [0.4, 0.5) is 4.79 Å². The molecule has 1 aliphatic rings. The molecule has 4 heterocycles. The monoisotopic (exact) mass is 510 g/mol. The third-order valence-corrected chi connectivity index (χ3v) is 6.85. The van der Waals surface area contributed by atoms with Gasteiger partial charge in [-0.15, -0.1) is 11.3 Å². The number of piperazine rings is 1. The molecule has 3 aromatic rings. The van der Waals surface area contributed by atoms with Crippen molar-refractivity contribution < 1.29 is 19.4 Å². The lowest BCUT2D eigenvalue weighted by atomic mass is 9.99. The molecule has 0 saturated carbocycles. The molecule has 36 heavy (non-hydrogen) atoms. The maximum Gasteiger partial charge on any atom is 0.410 e. The van der Waals surface area contributed by atoms with Gasteiger partial charge in [0.15, 0.2) is 0 Å². The highest BCUT2D eigenvalue weighted by molar-refractivity contribution is 7.15. The lowest BCUT2D eigenvalue weighted by molar-refractivity contribution is 0.0181. The van der Waals surface area contributed by atoms with Crippen LogP contribution in [0.15, 0.2) is 36.7 Å². The number of aromatic carboxylic acids is 1. The van der Waals surface area contributed by atoms with Crippen LogP contribution in [0.1, 0.15) is 55.7 Å². The molecule has 0 unspecified atom stereocenters. The number of thiazole rings is 1. The minimum Gasteiger partial charge on any atom is -0.478 e. The lowest BCUT2D eigenvalue weighted by Gasteiger charge is -2.38. The summed E-state index contributed by atoms with van der Waals surface area (Å²) in [5.41, 5.74) is 2.97. The molecule has 0 radical (unpaired) electrons. The van der Waals surface area contributed by atoms with E-state index < -0.39 is 11.6 Å². The number of aryl methyl sites for hydroxylation is 1. The van der Waals surface area contributed by atoms with E-state index in [-0.39, 0.29) is 17.6 Å².